The van der Waals surface area contributed by atoms with Crippen LogP contribution < -0.4 is 15.6 Å². The first-order valence-electron chi connectivity index (χ1n) is 14.0. The third-order valence-electron chi connectivity index (χ3n) is 7.72. The average molecular weight is 583 g/mol. The van der Waals surface area contributed by atoms with E-state index in [1.54, 1.807) is 0 Å². The third-order valence-corrected chi connectivity index (χ3v) is 7.72. The second-order valence-electron chi connectivity index (χ2n) is 10.7. The quantitative estimate of drug-likeness (QED) is 0.214. The molecule has 0 amide bonds. The van der Waals surface area contributed by atoms with Crippen LogP contribution >= 0.6 is 0 Å². The average Bonchev–Trinajstić information content (AvgIpc) is 3.01. The summed E-state index contributed by atoms with van der Waals surface area (Å²) in [7, 11) is 0. The van der Waals surface area contributed by atoms with E-state index < -0.39 is 35.6 Å². The van der Waals surface area contributed by atoms with Gasteiger partial charge in [0, 0.05) is 31.0 Å². The van der Waals surface area contributed by atoms with Crippen molar-refractivity contribution in [3.05, 3.63) is 139 Å². The predicted molar refractivity (Wildman–Crippen MR) is 157 cm³/mol. The lowest BCUT2D eigenvalue weighted by Crippen LogP contribution is -2.46. The molecule has 1 aliphatic rings. The minimum atomic E-state index is -1.75. The lowest BCUT2D eigenvalue weighted by atomic mass is 9.86. The van der Waals surface area contributed by atoms with E-state index in [0.717, 1.165) is 11.1 Å². The fourth-order valence-electron chi connectivity index (χ4n) is 5.41. The largest absolute Gasteiger partial charge is 0.504 e. The standard InChI is InChI=1S/C34H30O9/c35-24-15-21(13-11-19-7-3-1-4-8-19)41-27-18-25(36)28(17-23(24)27)43-34-29-26(37)16-22(14-12-20-9-5-2-6-10-20)42-33(29)31(39)30(38)32(34)40/h1-10,15-18,30-32,34,36,38-40H,11-14H2/t30-,31-,32+,34-/m1/s1. The number of hydrogen-bond acceptors (Lipinski definition) is 9. The van der Waals surface area contributed by atoms with Crippen LogP contribution in [0.15, 0.2) is 103 Å². The van der Waals surface area contributed by atoms with Gasteiger partial charge >= 0.3 is 0 Å². The lowest BCUT2D eigenvalue weighted by molar-refractivity contribution is -0.122. The van der Waals surface area contributed by atoms with Crippen LogP contribution in [0.4, 0.5) is 0 Å². The van der Waals surface area contributed by atoms with E-state index in [9.17, 15) is 30.0 Å². The Morgan fingerprint density at radius 1 is 0.674 bits per heavy atom. The van der Waals surface area contributed by atoms with E-state index in [2.05, 4.69) is 0 Å². The number of fused-ring (bicyclic) bond motifs is 2. The molecule has 0 aliphatic heterocycles. The fraction of sp³-hybridized carbons (Fsp3) is 0.235. The Labute approximate surface area is 245 Å². The van der Waals surface area contributed by atoms with Gasteiger partial charge in [0.1, 0.15) is 41.2 Å². The zero-order valence-corrected chi connectivity index (χ0v) is 23.1. The van der Waals surface area contributed by atoms with E-state index in [-0.39, 0.29) is 33.5 Å². The number of aromatic hydroxyl groups is 1. The number of aliphatic hydroxyl groups is 3. The summed E-state index contributed by atoms with van der Waals surface area (Å²) in [6.45, 7) is 0. The van der Waals surface area contributed by atoms with E-state index in [1.165, 1.54) is 24.3 Å². The molecule has 5 aromatic rings. The second-order valence-corrected chi connectivity index (χ2v) is 10.7. The molecule has 0 spiro atoms. The number of rotatable bonds is 8. The molecule has 0 bridgehead atoms. The number of aliphatic hydroxyl groups excluding tert-OH is 3. The first-order valence-corrected chi connectivity index (χ1v) is 14.0. The summed E-state index contributed by atoms with van der Waals surface area (Å²) in [4.78, 5) is 26.3. The molecule has 0 unspecified atom stereocenters. The Morgan fingerprint density at radius 2 is 1.26 bits per heavy atom. The van der Waals surface area contributed by atoms with Crippen molar-refractivity contribution < 1.29 is 34.0 Å². The van der Waals surface area contributed by atoms with Gasteiger partial charge in [-0.05, 0) is 30.0 Å². The maximum Gasteiger partial charge on any atom is 0.193 e. The Hall–Kier alpha value is -4.70. The highest BCUT2D eigenvalue weighted by atomic mass is 16.5. The summed E-state index contributed by atoms with van der Waals surface area (Å²) in [5, 5.41) is 43.0. The van der Waals surface area contributed by atoms with Crippen LogP contribution in [-0.2, 0) is 25.7 Å². The lowest BCUT2D eigenvalue weighted by Gasteiger charge is -2.35. The summed E-state index contributed by atoms with van der Waals surface area (Å²) in [6.07, 6.45) is -4.61. The van der Waals surface area contributed by atoms with Gasteiger partial charge in [-0.1, -0.05) is 60.7 Å². The van der Waals surface area contributed by atoms with E-state index in [4.69, 9.17) is 13.6 Å². The SMILES string of the molecule is O=c1cc(CCc2ccccc2)oc2c1[C@@H](Oc1cc3c(=O)cc(CCc4ccccc4)oc3cc1O)[C@@H](O)[C@H](O)[C@H]2O. The van der Waals surface area contributed by atoms with Gasteiger partial charge in [0.05, 0.1) is 10.9 Å². The molecule has 9 nitrogen and oxygen atoms in total. The highest BCUT2D eigenvalue weighted by Crippen LogP contribution is 2.41. The molecule has 2 aromatic heterocycles. The number of ether oxygens (including phenoxy) is 1. The highest BCUT2D eigenvalue weighted by molar-refractivity contribution is 5.80. The fourth-order valence-corrected chi connectivity index (χ4v) is 5.41. The van der Waals surface area contributed by atoms with Crippen LogP contribution in [0.3, 0.4) is 0 Å². The zero-order valence-electron chi connectivity index (χ0n) is 23.1. The second kappa shape index (κ2) is 11.9. The van der Waals surface area contributed by atoms with E-state index >= 15 is 0 Å². The number of benzene rings is 3. The highest BCUT2D eigenvalue weighted by Gasteiger charge is 2.46. The van der Waals surface area contributed by atoms with Crippen molar-refractivity contribution in [2.45, 2.75) is 50.1 Å². The molecule has 4 N–H and O–H groups in total. The van der Waals surface area contributed by atoms with Gasteiger partial charge < -0.3 is 34.0 Å². The predicted octanol–water partition coefficient (Wildman–Crippen LogP) is 3.91. The Morgan fingerprint density at radius 3 is 1.88 bits per heavy atom. The molecule has 1 aliphatic carbocycles. The summed E-state index contributed by atoms with van der Waals surface area (Å²) < 4.78 is 17.6. The molecule has 9 heteroatoms. The van der Waals surface area contributed by atoms with Gasteiger partial charge in [-0.15, -0.1) is 0 Å². The van der Waals surface area contributed by atoms with E-state index in [1.807, 2.05) is 60.7 Å². The van der Waals surface area contributed by atoms with Gasteiger partial charge in [-0.2, -0.15) is 0 Å². The third kappa shape index (κ3) is 5.83. The molecular formula is C34H30O9. The molecule has 0 saturated carbocycles. The van der Waals surface area contributed by atoms with Crippen LogP contribution in [0, 0.1) is 0 Å². The molecule has 2 heterocycles. The number of phenolic OH excluding ortho intramolecular Hbond substituents is 1. The summed E-state index contributed by atoms with van der Waals surface area (Å²) >= 11 is 0. The Bertz CT molecular complexity index is 1860. The topological polar surface area (TPSA) is 151 Å². The first kappa shape index (κ1) is 28.4. The van der Waals surface area contributed by atoms with Crippen LogP contribution in [0.5, 0.6) is 11.5 Å². The van der Waals surface area contributed by atoms with Crippen molar-refractivity contribution >= 4 is 11.0 Å². The van der Waals surface area contributed by atoms with Crippen molar-refractivity contribution in [1.29, 1.82) is 0 Å². The molecule has 43 heavy (non-hydrogen) atoms. The molecule has 0 radical (unpaired) electrons. The minimum Gasteiger partial charge on any atom is -0.504 e. The van der Waals surface area contributed by atoms with Gasteiger partial charge in [0.2, 0.25) is 0 Å². The smallest absolute Gasteiger partial charge is 0.193 e. The molecule has 220 valence electrons. The monoisotopic (exact) mass is 582 g/mol. The van der Waals surface area contributed by atoms with Crippen molar-refractivity contribution in [3.63, 3.8) is 0 Å². The maximum absolute atomic E-state index is 13.3. The maximum atomic E-state index is 13.3. The molecule has 3 aromatic carbocycles. The molecular weight excluding hydrogens is 552 g/mol. The number of hydrogen-bond donors (Lipinski definition) is 4. The van der Waals surface area contributed by atoms with Crippen molar-refractivity contribution in [2.24, 2.45) is 0 Å². The first-order chi connectivity index (χ1) is 20.8. The number of aryl methyl sites for hydroxylation is 4. The van der Waals surface area contributed by atoms with Crippen molar-refractivity contribution in [1.82, 2.24) is 0 Å². The molecule has 0 saturated heterocycles. The van der Waals surface area contributed by atoms with Crippen LogP contribution in [0.2, 0.25) is 0 Å². The van der Waals surface area contributed by atoms with E-state index in [0.29, 0.717) is 37.2 Å². The number of phenols is 1. The van der Waals surface area contributed by atoms with Crippen LogP contribution in [-0.4, -0.2) is 32.6 Å². The normalized spacial score (nSPS) is 19.7. The molecule has 4 atom stereocenters. The Balaban J connectivity index is 1.29. The Kier molecular flexibility index (Phi) is 7.86. The summed E-state index contributed by atoms with van der Waals surface area (Å²) in [5.74, 6) is -0.106. The van der Waals surface area contributed by atoms with Gasteiger partial charge in [-0.25, -0.2) is 0 Å². The van der Waals surface area contributed by atoms with Gasteiger partial charge in [0.25, 0.3) is 0 Å². The van der Waals surface area contributed by atoms with Crippen molar-refractivity contribution in [3.8, 4) is 11.5 Å². The minimum absolute atomic E-state index is 0.116. The zero-order chi connectivity index (χ0) is 30.1. The molecule has 0 fully saturated rings. The van der Waals surface area contributed by atoms with Crippen molar-refractivity contribution in [2.75, 3.05) is 0 Å². The van der Waals surface area contributed by atoms with Gasteiger partial charge in [-0.3, -0.25) is 9.59 Å². The van der Waals surface area contributed by atoms with Gasteiger partial charge in [0.15, 0.2) is 28.5 Å². The van der Waals surface area contributed by atoms with Crippen LogP contribution in [0.25, 0.3) is 11.0 Å². The summed E-state index contributed by atoms with van der Waals surface area (Å²) in [6, 6.07) is 24.5. The summed E-state index contributed by atoms with van der Waals surface area (Å²) in [5.41, 5.74) is 1.14. The molecule has 6 rings (SSSR count). The van der Waals surface area contributed by atoms with Crippen LogP contribution in [0.1, 0.15) is 46.2 Å².